The van der Waals surface area contributed by atoms with E-state index in [2.05, 4.69) is 0 Å². The van der Waals surface area contributed by atoms with Crippen LogP contribution in [-0.2, 0) is 0 Å². The molecular weight excluding hydrogens is 171 g/mol. The fourth-order valence-corrected chi connectivity index (χ4v) is 1.49. The van der Waals surface area contributed by atoms with Gasteiger partial charge in [0.2, 0.25) is 0 Å². The van der Waals surface area contributed by atoms with E-state index in [9.17, 15) is 4.39 Å². The molecule has 0 bridgehead atoms. The van der Waals surface area contributed by atoms with Crippen molar-refractivity contribution in [3.05, 3.63) is 29.0 Å². The Morgan fingerprint density at radius 1 is 1.50 bits per heavy atom. The fraction of sp³-hybridized carbons (Fsp3) is 0.143. The van der Waals surface area contributed by atoms with Gasteiger partial charge in [-0.1, -0.05) is 17.7 Å². The van der Waals surface area contributed by atoms with Crippen molar-refractivity contribution in [2.75, 3.05) is 6.26 Å². The van der Waals surface area contributed by atoms with Gasteiger partial charge < -0.3 is 0 Å². The van der Waals surface area contributed by atoms with Crippen LogP contribution in [0.2, 0.25) is 5.02 Å². The summed E-state index contributed by atoms with van der Waals surface area (Å²) in [6, 6.07) is 4.78. The Bertz CT molecular complexity index is 237. The highest BCUT2D eigenvalue weighted by Crippen LogP contribution is 2.26. The van der Waals surface area contributed by atoms with Crippen molar-refractivity contribution in [1.82, 2.24) is 0 Å². The maximum atomic E-state index is 12.6. The summed E-state index contributed by atoms with van der Waals surface area (Å²) in [5, 5.41) is 0.218. The number of hydrogen-bond donors (Lipinski definition) is 0. The predicted molar refractivity (Wildman–Crippen MR) is 43.2 cm³/mol. The lowest BCUT2D eigenvalue weighted by Gasteiger charge is -1.98. The lowest BCUT2D eigenvalue weighted by molar-refractivity contribution is 0.625. The van der Waals surface area contributed by atoms with Gasteiger partial charge in [-0.05, 0) is 18.4 Å². The standard InChI is InChI=1S/C7H6ClFS/c1-10-6-4-2-3-5(9)7(6)8/h2-4H,1H3. The molecule has 0 saturated carbocycles. The average Bonchev–Trinajstić information content (AvgIpc) is 1.95. The number of benzene rings is 1. The quantitative estimate of drug-likeness (QED) is 0.593. The number of halogens is 2. The van der Waals surface area contributed by atoms with Crippen LogP contribution in [0.1, 0.15) is 0 Å². The van der Waals surface area contributed by atoms with E-state index in [0.717, 1.165) is 4.90 Å². The van der Waals surface area contributed by atoms with Crippen LogP contribution in [0.5, 0.6) is 0 Å². The Kier molecular flexibility index (Phi) is 2.57. The van der Waals surface area contributed by atoms with Gasteiger partial charge in [-0.3, -0.25) is 0 Å². The highest BCUT2D eigenvalue weighted by atomic mass is 35.5. The second kappa shape index (κ2) is 3.26. The van der Waals surface area contributed by atoms with Gasteiger partial charge in [-0.15, -0.1) is 11.8 Å². The van der Waals surface area contributed by atoms with E-state index in [4.69, 9.17) is 11.6 Å². The molecule has 0 aliphatic rings. The number of hydrogen-bond acceptors (Lipinski definition) is 1. The van der Waals surface area contributed by atoms with Crippen LogP contribution >= 0.6 is 23.4 Å². The monoisotopic (exact) mass is 176 g/mol. The van der Waals surface area contributed by atoms with Crippen molar-refractivity contribution >= 4 is 23.4 Å². The van der Waals surface area contributed by atoms with Crippen molar-refractivity contribution in [1.29, 1.82) is 0 Å². The summed E-state index contributed by atoms with van der Waals surface area (Å²) >= 11 is 7.04. The zero-order valence-corrected chi connectivity index (χ0v) is 6.97. The zero-order valence-electron chi connectivity index (χ0n) is 5.40. The molecule has 1 aromatic rings. The van der Waals surface area contributed by atoms with Crippen LogP contribution < -0.4 is 0 Å². The molecule has 0 radical (unpaired) electrons. The third-order valence-electron chi connectivity index (χ3n) is 1.14. The largest absolute Gasteiger partial charge is 0.205 e. The van der Waals surface area contributed by atoms with Gasteiger partial charge in [0.25, 0.3) is 0 Å². The summed E-state index contributed by atoms with van der Waals surface area (Å²) in [4.78, 5) is 0.779. The minimum absolute atomic E-state index is 0.218. The van der Waals surface area contributed by atoms with Crippen molar-refractivity contribution in [2.24, 2.45) is 0 Å². The fourth-order valence-electron chi connectivity index (χ4n) is 0.642. The van der Waals surface area contributed by atoms with Crippen molar-refractivity contribution < 1.29 is 4.39 Å². The van der Waals surface area contributed by atoms with Gasteiger partial charge in [-0.2, -0.15) is 0 Å². The molecule has 10 heavy (non-hydrogen) atoms. The van der Waals surface area contributed by atoms with E-state index in [1.54, 1.807) is 12.1 Å². The molecule has 0 nitrogen and oxygen atoms in total. The van der Waals surface area contributed by atoms with E-state index < -0.39 is 0 Å². The van der Waals surface area contributed by atoms with Crippen LogP contribution in [0, 0.1) is 5.82 Å². The molecule has 3 heteroatoms. The normalized spacial score (nSPS) is 9.90. The molecular formula is C7H6ClFS. The van der Waals surface area contributed by atoms with Crippen molar-refractivity contribution in [3.63, 3.8) is 0 Å². The lowest BCUT2D eigenvalue weighted by Crippen LogP contribution is -1.77. The van der Waals surface area contributed by atoms with E-state index in [1.165, 1.54) is 17.8 Å². The molecule has 0 spiro atoms. The summed E-state index contributed by atoms with van der Waals surface area (Å²) < 4.78 is 12.6. The van der Waals surface area contributed by atoms with E-state index in [0.29, 0.717) is 0 Å². The Morgan fingerprint density at radius 2 is 2.20 bits per heavy atom. The molecule has 0 aliphatic carbocycles. The summed E-state index contributed by atoms with van der Waals surface area (Å²) in [7, 11) is 0. The van der Waals surface area contributed by atoms with E-state index >= 15 is 0 Å². The summed E-state index contributed by atoms with van der Waals surface area (Å²) in [5.41, 5.74) is 0. The van der Waals surface area contributed by atoms with Gasteiger partial charge in [0.05, 0.1) is 5.02 Å². The molecule has 0 heterocycles. The minimum Gasteiger partial charge on any atom is -0.205 e. The molecule has 0 fully saturated rings. The second-order valence-corrected chi connectivity index (χ2v) is 2.98. The van der Waals surface area contributed by atoms with Gasteiger partial charge in [-0.25, -0.2) is 4.39 Å². The van der Waals surface area contributed by atoms with Gasteiger partial charge >= 0.3 is 0 Å². The molecule has 0 aliphatic heterocycles. The summed E-state index contributed by atoms with van der Waals surface area (Å²) in [5.74, 6) is -0.353. The van der Waals surface area contributed by atoms with Crippen molar-refractivity contribution in [2.45, 2.75) is 4.90 Å². The van der Waals surface area contributed by atoms with Crippen LogP contribution in [0.15, 0.2) is 23.1 Å². The maximum Gasteiger partial charge on any atom is 0.142 e. The third-order valence-corrected chi connectivity index (χ3v) is 2.41. The molecule has 0 saturated heterocycles. The molecule has 1 rings (SSSR count). The first-order valence-electron chi connectivity index (χ1n) is 2.73. The second-order valence-electron chi connectivity index (χ2n) is 1.76. The first-order chi connectivity index (χ1) is 4.75. The third kappa shape index (κ3) is 1.44. The Hall–Kier alpha value is -0.210. The highest BCUT2D eigenvalue weighted by Gasteiger charge is 2.02. The van der Waals surface area contributed by atoms with E-state index in [-0.39, 0.29) is 10.8 Å². The minimum atomic E-state index is -0.353. The van der Waals surface area contributed by atoms with Gasteiger partial charge in [0.15, 0.2) is 0 Å². The van der Waals surface area contributed by atoms with Gasteiger partial charge in [0.1, 0.15) is 5.82 Å². The highest BCUT2D eigenvalue weighted by molar-refractivity contribution is 7.98. The first-order valence-corrected chi connectivity index (χ1v) is 4.34. The summed E-state index contributed by atoms with van der Waals surface area (Å²) in [6.45, 7) is 0. The molecule has 0 aromatic heterocycles. The SMILES string of the molecule is CSc1cccc(F)c1Cl. The van der Waals surface area contributed by atoms with Crippen LogP contribution in [0.4, 0.5) is 4.39 Å². The Balaban J connectivity index is 3.14. The maximum absolute atomic E-state index is 12.6. The topological polar surface area (TPSA) is 0 Å². The first kappa shape index (κ1) is 7.89. The van der Waals surface area contributed by atoms with Crippen LogP contribution in [0.25, 0.3) is 0 Å². The molecule has 0 unspecified atom stereocenters. The molecule has 54 valence electrons. The van der Waals surface area contributed by atoms with Gasteiger partial charge in [0, 0.05) is 4.90 Å². The average molecular weight is 177 g/mol. The molecule has 0 amide bonds. The Labute approximate surface area is 68.4 Å². The number of rotatable bonds is 1. The number of thioether (sulfide) groups is 1. The van der Waals surface area contributed by atoms with Crippen LogP contribution in [-0.4, -0.2) is 6.26 Å². The predicted octanol–water partition coefficient (Wildman–Crippen LogP) is 3.20. The Morgan fingerprint density at radius 3 is 2.70 bits per heavy atom. The smallest absolute Gasteiger partial charge is 0.142 e. The lowest BCUT2D eigenvalue weighted by atomic mass is 10.3. The van der Waals surface area contributed by atoms with Crippen LogP contribution in [0.3, 0.4) is 0 Å². The molecule has 1 aromatic carbocycles. The van der Waals surface area contributed by atoms with Crippen molar-refractivity contribution in [3.8, 4) is 0 Å². The zero-order chi connectivity index (χ0) is 7.56. The van der Waals surface area contributed by atoms with E-state index in [1.807, 2.05) is 6.26 Å². The molecule has 0 atom stereocenters. The summed E-state index contributed by atoms with van der Waals surface area (Å²) in [6.07, 6.45) is 1.86. The molecule has 0 N–H and O–H groups in total.